The van der Waals surface area contributed by atoms with Gasteiger partial charge >= 0.3 is 5.97 Å². The summed E-state index contributed by atoms with van der Waals surface area (Å²) in [4.78, 5) is 35.4. The third-order valence-corrected chi connectivity index (χ3v) is 10.4. The molecule has 2 bridgehead atoms. The van der Waals surface area contributed by atoms with E-state index in [9.17, 15) is 19.5 Å². The maximum Gasteiger partial charge on any atom is 0.309 e. The Bertz CT molecular complexity index is 1060. The SMILES string of the molecule is O=C(O)C1C(C(=O)Nc2ccc(C(=O)N3CCOCC3)cc2)C2(Cl)C(Cl)=C(Cl)C1(Cl)C2(Cl)Cl. The van der Waals surface area contributed by atoms with E-state index >= 15 is 0 Å². The molecular weight excluding hydrogens is 561 g/mol. The van der Waals surface area contributed by atoms with E-state index in [4.69, 9.17) is 74.3 Å². The Labute approximate surface area is 218 Å². The molecular formula is C20H16Cl6N2O5. The molecule has 0 spiro atoms. The molecule has 1 heterocycles. The predicted molar refractivity (Wildman–Crippen MR) is 127 cm³/mol. The van der Waals surface area contributed by atoms with Crippen LogP contribution in [0.4, 0.5) is 5.69 Å². The molecule has 0 aromatic heterocycles. The number of morpholine rings is 1. The Morgan fingerprint density at radius 1 is 0.939 bits per heavy atom. The third kappa shape index (κ3) is 3.46. The Hall–Kier alpha value is -0.930. The quantitative estimate of drug-likeness (QED) is 0.522. The second-order valence-electron chi connectivity index (χ2n) is 7.89. The van der Waals surface area contributed by atoms with Gasteiger partial charge in [-0.2, -0.15) is 0 Å². The van der Waals surface area contributed by atoms with Crippen LogP contribution in [-0.4, -0.2) is 68.2 Å². The van der Waals surface area contributed by atoms with Gasteiger partial charge < -0.3 is 20.1 Å². The van der Waals surface area contributed by atoms with Gasteiger partial charge in [0, 0.05) is 24.3 Å². The number of aliphatic carboxylic acids is 1. The van der Waals surface area contributed by atoms with Gasteiger partial charge in [-0.05, 0) is 24.3 Å². The summed E-state index contributed by atoms with van der Waals surface area (Å²) in [6.45, 7) is 1.92. The molecule has 1 aliphatic heterocycles. The third-order valence-electron chi connectivity index (χ3n) is 6.18. The monoisotopic (exact) mass is 574 g/mol. The molecule has 178 valence electrons. The van der Waals surface area contributed by atoms with Gasteiger partial charge in [-0.15, -0.1) is 23.2 Å². The molecule has 2 amide bonds. The highest BCUT2D eigenvalue weighted by Crippen LogP contribution is 2.76. The van der Waals surface area contributed by atoms with Crippen molar-refractivity contribution in [3.63, 3.8) is 0 Å². The average Bonchev–Trinajstić information content (AvgIpc) is 3.00. The molecule has 1 aromatic carbocycles. The molecule has 4 atom stereocenters. The summed E-state index contributed by atoms with van der Waals surface area (Å²) in [7, 11) is 0. The molecule has 2 fully saturated rings. The van der Waals surface area contributed by atoms with Crippen molar-refractivity contribution in [2.45, 2.75) is 14.1 Å². The van der Waals surface area contributed by atoms with Gasteiger partial charge in [-0.1, -0.05) is 46.4 Å². The molecule has 1 saturated heterocycles. The second-order valence-corrected chi connectivity index (χ2v) is 11.2. The topological polar surface area (TPSA) is 95.9 Å². The molecule has 7 nitrogen and oxygen atoms in total. The number of hydrogen-bond acceptors (Lipinski definition) is 4. The van der Waals surface area contributed by atoms with E-state index in [1.807, 2.05) is 0 Å². The van der Waals surface area contributed by atoms with Crippen molar-refractivity contribution in [3.8, 4) is 0 Å². The van der Waals surface area contributed by atoms with Crippen LogP contribution in [0.2, 0.25) is 0 Å². The summed E-state index contributed by atoms with van der Waals surface area (Å²) in [6.07, 6.45) is 0. The Morgan fingerprint density at radius 2 is 1.45 bits per heavy atom. The van der Waals surface area contributed by atoms with Gasteiger partial charge in [0.1, 0.15) is 9.75 Å². The van der Waals surface area contributed by atoms with E-state index in [0.717, 1.165) is 0 Å². The highest BCUT2D eigenvalue weighted by molar-refractivity contribution is 6.66. The zero-order valence-electron chi connectivity index (χ0n) is 16.6. The summed E-state index contributed by atoms with van der Waals surface area (Å²) in [5, 5.41) is 11.8. The molecule has 3 aliphatic rings. The summed E-state index contributed by atoms with van der Waals surface area (Å²) < 4.78 is 3.06. The minimum absolute atomic E-state index is 0.167. The lowest BCUT2D eigenvalue weighted by molar-refractivity contribution is -0.146. The Balaban J connectivity index is 1.59. The van der Waals surface area contributed by atoms with Crippen molar-refractivity contribution in [1.29, 1.82) is 0 Å². The number of carboxylic acid groups (broad SMARTS) is 1. The number of allylic oxidation sites excluding steroid dienone is 2. The highest BCUT2D eigenvalue weighted by Gasteiger charge is 2.85. The molecule has 0 radical (unpaired) electrons. The first-order chi connectivity index (χ1) is 15.4. The van der Waals surface area contributed by atoms with Gasteiger partial charge in [0.25, 0.3) is 5.91 Å². The normalized spacial score (nSPS) is 32.7. The van der Waals surface area contributed by atoms with Crippen LogP contribution < -0.4 is 5.32 Å². The summed E-state index contributed by atoms with van der Waals surface area (Å²) >= 11 is 38.4. The average molecular weight is 577 g/mol. The standard InChI is InChI=1S/C20H16Cl6N2O5/c21-13-14(22)19(24)12(17(31)32)11(18(13,23)20(19,25)26)15(29)27-10-3-1-9(2-4-10)16(30)28-5-7-33-8-6-28/h1-4,11-12H,5-8H2,(H,27,29)(H,31,32). The van der Waals surface area contributed by atoms with Crippen LogP contribution in [-0.2, 0) is 14.3 Å². The fourth-order valence-corrected chi connectivity index (χ4v) is 7.43. The number of carboxylic acids is 1. The first-order valence-electron chi connectivity index (χ1n) is 9.71. The van der Waals surface area contributed by atoms with Crippen molar-refractivity contribution in [3.05, 3.63) is 39.9 Å². The van der Waals surface area contributed by atoms with Gasteiger partial charge in [0.2, 0.25) is 5.91 Å². The first kappa shape index (κ1) is 25.2. The first-order valence-corrected chi connectivity index (χ1v) is 12.0. The minimum Gasteiger partial charge on any atom is -0.481 e. The highest BCUT2D eigenvalue weighted by atomic mass is 35.5. The molecule has 4 rings (SSSR count). The largest absolute Gasteiger partial charge is 0.481 e. The number of anilines is 1. The number of rotatable bonds is 4. The molecule has 2 aliphatic carbocycles. The van der Waals surface area contributed by atoms with Crippen LogP contribution in [0.3, 0.4) is 0 Å². The van der Waals surface area contributed by atoms with Crippen molar-refractivity contribution in [1.82, 2.24) is 4.90 Å². The maximum absolute atomic E-state index is 13.2. The summed E-state index contributed by atoms with van der Waals surface area (Å²) in [5.41, 5.74) is 0.709. The minimum atomic E-state index is -2.18. The second kappa shape index (κ2) is 8.63. The van der Waals surface area contributed by atoms with E-state index in [1.165, 1.54) is 12.1 Å². The number of fused-ring (bicyclic) bond motifs is 2. The number of amides is 2. The van der Waals surface area contributed by atoms with Crippen molar-refractivity contribution in [2.75, 3.05) is 31.6 Å². The number of nitrogens with zero attached hydrogens (tertiary/aromatic N) is 1. The van der Waals surface area contributed by atoms with Crippen LogP contribution in [0.5, 0.6) is 0 Å². The zero-order valence-corrected chi connectivity index (χ0v) is 21.1. The molecule has 1 aromatic rings. The van der Waals surface area contributed by atoms with Crippen LogP contribution in [0.25, 0.3) is 0 Å². The van der Waals surface area contributed by atoms with E-state index in [1.54, 1.807) is 17.0 Å². The van der Waals surface area contributed by atoms with Crippen LogP contribution in [0, 0.1) is 11.8 Å². The Kier molecular flexibility index (Phi) is 6.58. The predicted octanol–water partition coefficient (Wildman–Crippen LogP) is 4.26. The molecule has 33 heavy (non-hydrogen) atoms. The molecule has 2 N–H and O–H groups in total. The van der Waals surface area contributed by atoms with E-state index < -0.39 is 37.8 Å². The molecule has 1 saturated carbocycles. The zero-order chi connectivity index (χ0) is 24.3. The van der Waals surface area contributed by atoms with Crippen molar-refractivity contribution < 1.29 is 24.2 Å². The fraction of sp³-hybridized carbons (Fsp3) is 0.450. The van der Waals surface area contributed by atoms with Crippen molar-refractivity contribution in [2.24, 2.45) is 11.8 Å². The lowest BCUT2D eigenvalue weighted by atomic mass is 9.81. The fourth-order valence-electron chi connectivity index (χ4n) is 4.49. The van der Waals surface area contributed by atoms with Crippen LogP contribution >= 0.6 is 69.6 Å². The smallest absolute Gasteiger partial charge is 0.309 e. The number of carbonyl (C=O) groups is 3. The Morgan fingerprint density at radius 3 is 1.97 bits per heavy atom. The summed E-state index contributed by atoms with van der Waals surface area (Å²) in [5.74, 6) is -5.66. The van der Waals surface area contributed by atoms with E-state index in [2.05, 4.69) is 5.32 Å². The van der Waals surface area contributed by atoms with Gasteiger partial charge in [0.15, 0.2) is 4.33 Å². The van der Waals surface area contributed by atoms with Gasteiger partial charge in [-0.25, -0.2) is 0 Å². The number of nitrogens with one attached hydrogen (secondary N) is 1. The molecule has 4 unspecified atom stereocenters. The summed E-state index contributed by atoms with van der Waals surface area (Å²) in [6, 6.07) is 6.09. The van der Waals surface area contributed by atoms with Gasteiger partial charge in [0.05, 0.1) is 35.1 Å². The number of halogens is 6. The number of hydrogen-bond donors (Lipinski definition) is 2. The maximum atomic E-state index is 13.2. The molecule has 13 heteroatoms. The number of alkyl halides is 4. The number of ether oxygens (including phenoxy) is 1. The number of benzene rings is 1. The lowest BCUT2D eigenvalue weighted by Gasteiger charge is -2.33. The lowest BCUT2D eigenvalue weighted by Crippen LogP contribution is -2.47. The number of carbonyl (C=O) groups excluding carboxylic acids is 2. The van der Waals surface area contributed by atoms with Crippen molar-refractivity contribution >= 4 is 93.1 Å². The van der Waals surface area contributed by atoms with Crippen LogP contribution in [0.1, 0.15) is 10.4 Å². The van der Waals surface area contributed by atoms with E-state index in [-0.39, 0.29) is 21.7 Å². The van der Waals surface area contributed by atoms with Gasteiger partial charge in [-0.3, -0.25) is 14.4 Å². The van der Waals surface area contributed by atoms with Crippen LogP contribution in [0.15, 0.2) is 34.3 Å². The van der Waals surface area contributed by atoms with E-state index in [0.29, 0.717) is 31.9 Å².